The van der Waals surface area contributed by atoms with E-state index in [1.165, 1.54) is 11.1 Å². The Labute approximate surface area is 81.4 Å². The van der Waals surface area contributed by atoms with Gasteiger partial charge in [-0.1, -0.05) is 27.7 Å². The number of hydrogen-bond donors (Lipinski definition) is 0. The van der Waals surface area contributed by atoms with Crippen molar-refractivity contribution in [2.75, 3.05) is 0 Å². The summed E-state index contributed by atoms with van der Waals surface area (Å²) < 4.78 is 0. The van der Waals surface area contributed by atoms with Crippen molar-refractivity contribution in [2.24, 2.45) is 0 Å². The highest BCUT2D eigenvalue weighted by Gasteiger charge is 2.02. The fourth-order valence-electron chi connectivity index (χ4n) is 1.34. The molecule has 74 valence electrons. The van der Waals surface area contributed by atoms with Gasteiger partial charge in [0.15, 0.2) is 0 Å². The lowest BCUT2D eigenvalue weighted by molar-refractivity contribution is 0.889. The van der Waals surface area contributed by atoms with E-state index in [0.29, 0.717) is 0 Å². The molecule has 1 rings (SSSR count). The van der Waals surface area contributed by atoms with E-state index in [1.54, 1.807) is 0 Å². The highest BCUT2D eigenvalue weighted by Crippen LogP contribution is 2.11. The predicted molar refractivity (Wildman–Crippen MR) is 56.9 cm³/mol. The van der Waals surface area contributed by atoms with Crippen molar-refractivity contribution in [1.29, 1.82) is 0 Å². The fourth-order valence-corrected chi connectivity index (χ4v) is 1.34. The molecular formula is C11H20N2. The molecule has 2 heteroatoms. The first-order valence-electron chi connectivity index (χ1n) is 5.09. The van der Waals surface area contributed by atoms with Crippen LogP contribution in [0.15, 0.2) is 6.20 Å². The first kappa shape index (κ1) is 12.1. The molecule has 0 aliphatic heterocycles. The van der Waals surface area contributed by atoms with Crippen LogP contribution in [0.5, 0.6) is 0 Å². The van der Waals surface area contributed by atoms with Gasteiger partial charge in [0.1, 0.15) is 0 Å². The van der Waals surface area contributed by atoms with Gasteiger partial charge < -0.3 is 0 Å². The average molecular weight is 180 g/mol. The lowest BCUT2D eigenvalue weighted by atomic mass is 10.0. The average Bonchev–Trinajstić information content (AvgIpc) is 2.20. The van der Waals surface area contributed by atoms with Crippen LogP contribution in [0, 0.1) is 6.92 Å². The maximum atomic E-state index is 4.01. The van der Waals surface area contributed by atoms with E-state index < -0.39 is 0 Å². The number of aryl methyl sites for hydroxylation is 2. The first-order valence-corrected chi connectivity index (χ1v) is 5.09. The summed E-state index contributed by atoms with van der Waals surface area (Å²) in [6, 6.07) is 0. The predicted octanol–water partition coefficient (Wildman–Crippen LogP) is 2.94. The van der Waals surface area contributed by atoms with Crippen LogP contribution in [0.3, 0.4) is 0 Å². The summed E-state index contributed by atoms with van der Waals surface area (Å²) >= 11 is 0. The highest BCUT2D eigenvalue weighted by molar-refractivity contribution is 5.26. The lowest BCUT2D eigenvalue weighted by Gasteiger charge is -2.05. The standard InChI is InChI=1S/C9H14N2.C2H6/c1-4-8-6-10-11-7(3)9(8)5-2;1-2/h6H,4-5H2,1-3H3;1-2H3. The molecule has 0 spiro atoms. The third-order valence-electron chi connectivity index (χ3n) is 1.98. The largest absolute Gasteiger partial charge is 0.159 e. The number of rotatable bonds is 2. The Morgan fingerprint density at radius 2 is 1.77 bits per heavy atom. The van der Waals surface area contributed by atoms with E-state index >= 15 is 0 Å². The lowest BCUT2D eigenvalue weighted by Crippen LogP contribution is -1.99. The third-order valence-corrected chi connectivity index (χ3v) is 1.98. The first-order chi connectivity index (χ1) is 6.29. The normalized spacial score (nSPS) is 9.00. The van der Waals surface area contributed by atoms with Crippen molar-refractivity contribution in [3.05, 3.63) is 23.0 Å². The van der Waals surface area contributed by atoms with Gasteiger partial charge in [-0.2, -0.15) is 10.2 Å². The second kappa shape index (κ2) is 6.58. The second-order valence-electron chi connectivity index (χ2n) is 2.64. The third kappa shape index (κ3) is 3.13. The van der Waals surface area contributed by atoms with Crippen LogP contribution in [-0.4, -0.2) is 10.2 Å². The molecule has 13 heavy (non-hydrogen) atoms. The Balaban J connectivity index is 0.000000671. The summed E-state index contributed by atoms with van der Waals surface area (Å²) in [6.07, 6.45) is 3.98. The molecule has 0 aliphatic carbocycles. The van der Waals surface area contributed by atoms with Gasteiger partial charge in [0.2, 0.25) is 0 Å². The summed E-state index contributed by atoms with van der Waals surface area (Å²) in [4.78, 5) is 0. The van der Waals surface area contributed by atoms with Gasteiger partial charge in [0, 0.05) is 0 Å². The molecule has 0 radical (unpaired) electrons. The second-order valence-corrected chi connectivity index (χ2v) is 2.64. The Bertz CT molecular complexity index is 244. The van der Waals surface area contributed by atoms with Crippen LogP contribution in [0.4, 0.5) is 0 Å². The molecule has 1 heterocycles. The SMILES string of the molecule is CC.CCc1cnnc(C)c1CC. The topological polar surface area (TPSA) is 25.8 Å². The van der Waals surface area contributed by atoms with E-state index in [1.807, 2.05) is 27.0 Å². The Morgan fingerprint density at radius 3 is 2.15 bits per heavy atom. The fraction of sp³-hybridized carbons (Fsp3) is 0.636. The zero-order valence-corrected chi connectivity index (χ0v) is 9.39. The van der Waals surface area contributed by atoms with E-state index in [4.69, 9.17) is 0 Å². The summed E-state index contributed by atoms with van der Waals surface area (Å²) in [5.74, 6) is 0. The summed E-state index contributed by atoms with van der Waals surface area (Å²) in [6.45, 7) is 10.3. The van der Waals surface area contributed by atoms with Gasteiger partial charge in [0.05, 0.1) is 11.9 Å². The minimum absolute atomic E-state index is 1.06. The molecule has 0 aliphatic rings. The molecule has 0 aromatic carbocycles. The van der Waals surface area contributed by atoms with E-state index in [-0.39, 0.29) is 0 Å². The van der Waals surface area contributed by atoms with Crippen LogP contribution < -0.4 is 0 Å². The number of aromatic nitrogens is 2. The van der Waals surface area contributed by atoms with Gasteiger partial charge in [-0.05, 0) is 30.9 Å². The molecule has 1 aromatic rings. The van der Waals surface area contributed by atoms with Crippen molar-refractivity contribution < 1.29 is 0 Å². The Morgan fingerprint density at radius 1 is 1.15 bits per heavy atom. The van der Waals surface area contributed by atoms with Crippen molar-refractivity contribution in [1.82, 2.24) is 10.2 Å². The van der Waals surface area contributed by atoms with Crippen molar-refractivity contribution in [2.45, 2.75) is 47.5 Å². The van der Waals surface area contributed by atoms with Crippen molar-refractivity contribution >= 4 is 0 Å². The molecule has 0 fully saturated rings. The quantitative estimate of drug-likeness (QED) is 0.699. The maximum Gasteiger partial charge on any atom is 0.0634 e. The summed E-state index contributed by atoms with van der Waals surface area (Å²) in [5.41, 5.74) is 3.77. The maximum absolute atomic E-state index is 4.01. The smallest absolute Gasteiger partial charge is 0.0634 e. The minimum atomic E-state index is 1.06. The van der Waals surface area contributed by atoms with Crippen molar-refractivity contribution in [3.8, 4) is 0 Å². The number of nitrogens with zero attached hydrogens (tertiary/aromatic N) is 2. The molecule has 0 atom stereocenters. The van der Waals surface area contributed by atoms with Gasteiger partial charge in [-0.3, -0.25) is 0 Å². The molecule has 1 aromatic heterocycles. The molecule has 0 saturated heterocycles. The monoisotopic (exact) mass is 180 g/mol. The zero-order valence-electron chi connectivity index (χ0n) is 9.39. The van der Waals surface area contributed by atoms with Crippen LogP contribution in [0.2, 0.25) is 0 Å². The van der Waals surface area contributed by atoms with Gasteiger partial charge in [0.25, 0.3) is 0 Å². The highest BCUT2D eigenvalue weighted by atomic mass is 15.1. The van der Waals surface area contributed by atoms with Gasteiger partial charge in [-0.25, -0.2) is 0 Å². The van der Waals surface area contributed by atoms with E-state index in [2.05, 4.69) is 24.0 Å². The molecule has 0 N–H and O–H groups in total. The van der Waals surface area contributed by atoms with E-state index in [9.17, 15) is 0 Å². The van der Waals surface area contributed by atoms with Gasteiger partial charge >= 0.3 is 0 Å². The molecule has 0 bridgehead atoms. The minimum Gasteiger partial charge on any atom is -0.159 e. The summed E-state index contributed by atoms with van der Waals surface area (Å²) in [5, 5.41) is 7.92. The van der Waals surface area contributed by atoms with Crippen molar-refractivity contribution in [3.63, 3.8) is 0 Å². The summed E-state index contributed by atoms with van der Waals surface area (Å²) in [7, 11) is 0. The number of hydrogen-bond acceptors (Lipinski definition) is 2. The van der Waals surface area contributed by atoms with Crippen LogP contribution >= 0.6 is 0 Å². The Kier molecular flexibility index (Phi) is 6.11. The molecule has 0 unspecified atom stereocenters. The molecular weight excluding hydrogens is 160 g/mol. The molecule has 0 amide bonds. The van der Waals surface area contributed by atoms with Crippen LogP contribution in [0.1, 0.15) is 44.5 Å². The molecule has 2 nitrogen and oxygen atoms in total. The molecule has 0 saturated carbocycles. The zero-order chi connectivity index (χ0) is 10.3. The Hall–Kier alpha value is -0.920. The van der Waals surface area contributed by atoms with Crippen LogP contribution in [-0.2, 0) is 12.8 Å². The van der Waals surface area contributed by atoms with Crippen LogP contribution in [0.25, 0.3) is 0 Å². The van der Waals surface area contributed by atoms with Gasteiger partial charge in [-0.15, -0.1) is 0 Å². The van der Waals surface area contributed by atoms with E-state index in [0.717, 1.165) is 18.5 Å².